The third-order valence-corrected chi connectivity index (χ3v) is 11.5. The van der Waals surface area contributed by atoms with Gasteiger partial charge in [-0.15, -0.1) is 0 Å². The Labute approximate surface area is 333 Å². The molecule has 0 fully saturated rings. The average Bonchev–Trinajstić information content (AvgIpc) is 3.93. The van der Waals surface area contributed by atoms with E-state index >= 15 is 0 Å². The van der Waals surface area contributed by atoms with Crippen LogP contribution in [-0.4, -0.2) is 28.7 Å². The van der Waals surface area contributed by atoms with Gasteiger partial charge in [0.25, 0.3) is 0 Å². The lowest BCUT2D eigenvalue weighted by molar-refractivity contribution is 0.953. The first-order valence-corrected chi connectivity index (χ1v) is 19.6. The summed E-state index contributed by atoms with van der Waals surface area (Å²) in [6, 6.07) is 66.5. The van der Waals surface area contributed by atoms with Gasteiger partial charge in [-0.1, -0.05) is 133 Å². The van der Waals surface area contributed by atoms with Crippen molar-refractivity contribution in [2.75, 3.05) is 0 Å². The molecule has 12 aromatic rings. The molecule has 6 nitrogen and oxygen atoms in total. The van der Waals surface area contributed by atoms with E-state index in [9.17, 15) is 0 Å². The predicted molar refractivity (Wildman–Crippen MR) is 238 cm³/mol. The minimum atomic E-state index is 0.562. The average molecular weight is 743 g/mol. The summed E-state index contributed by atoms with van der Waals surface area (Å²) in [5.41, 5.74) is 11.7. The smallest absolute Gasteiger partial charge is 0.238 e. The third-order valence-electron chi connectivity index (χ3n) is 11.5. The van der Waals surface area contributed by atoms with Gasteiger partial charge in [-0.2, -0.15) is 9.97 Å². The molecule has 0 bridgehead atoms. The molecule has 0 aliphatic heterocycles. The van der Waals surface area contributed by atoms with E-state index in [1.807, 2.05) is 18.2 Å². The second-order valence-corrected chi connectivity index (χ2v) is 15.0. The zero-order chi connectivity index (χ0) is 38.3. The van der Waals surface area contributed by atoms with Crippen LogP contribution in [0, 0.1) is 6.92 Å². The number of aryl methyl sites for hydroxylation is 1. The number of para-hydroxylation sites is 5. The Morgan fingerprint density at radius 2 is 0.776 bits per heavy atom. The summed E-state index contributed by atoms with van der Waals surface area (Å²) < 4.78 is 7.00. The number of hydrogen-bond donors (Lipinski definition) is 0. The predicted octanol–water partition coefficient (Wildman–Crippen LogP) is 12.8. The zero-order valence-corrected chi connectivity index (χ0v) is 31.6. The number of aromatic nitrogens is 6. The molecule has 0 atom stereocenters. The van der Waals surface area contributed by atoms with Crippen LogP contribution in [0.4, 0.5) is 0 Å². The molecule has 0 amide bonds. The Hall–Kier alpha value is -7.83. The Morgan fingerprint density at radius 3 is 1.36 bits per heavy atom. The molecule has 0 unspecified atom stereocenters. The first kappa shape index (κ1) is 32.4. The normalized spacial score (nSPS) is 11.9. The summed E-state index contributed by atoms with van der Waals surface area (Å²) in [6.07, 6.45) is 0. The van der Waals surface area contributed by atoms with Crippen LogP contribution < -0.4 is 0 Å². The van der Waals surface area contributed by atoms with E-state index in [2.05, 4.69) is 190 Å². The molecule has 58 heavy (non-hydrogen) atoms. The van der Waals surface area contributed by atoms with Gasteiger partial charge in [-0.3, -0.25) is 4.57 Å². The fourth-order valence-corrected chi connectivity index (χ4v) is 9.09. The Bertz CT molecular complexity index is 3520. The highest BCUT2D eigenvalue weighted by Crippen LogP contribution is 2.42. The molecule has 12 rings (SSSR count). The van der Waals surface area contributed by atoms with E-state index in [0.717, 1.165) is 71.9 Å². The second kappa shape index (κ2) is 12.6. The van der Waals surface area contributed by atoms with Gasteiger partial charge < -0.3 is 9.13 Å². The van der Waals surface area contributed by atoms with E-state index in [1.165, 1.54) is 21.5 Å². The summed E-state index contributed by atoms with van der Waals surface area (Å²) in [4.78, 5) is 16.0. The molecule has 8 aromatic carbocycles. The highest BCUT2D eigenvalue weighted by Gasteiger charge is 2.24. The van der Waals surface area contributed by atoms with Crippen molar-refractivity contribution < 1.29 is 0 Å². The Balaban J connectivity index is 1.18. The van der Waals surface area contributed by atoms with E-state index in [4.69, 9.17) is 15.0 Å². The van der Waals surface area contributed by atoms with Crippen molar-refractivity contribution in [3.63, 3.8) is 0 Å². The lowest BCUT2D eigenvalue weighted by Crippen LogP contribution is -2.07. The number of hydrogen-bond acceptors (Lipinski definition) is 3. The monoisotopic (exact) mass is 742 g/mol. The highest BCUT2D eigenvalue weighted by atomic mass is 15.2. The zero-order valence-electron chi connectivity index (χ0n) is 31.6. The van der Waals surface area contributed by atoms with Gasteiger partial charge in [0.15, 0.2) is 11.6 Å². The summed E-state index contributed by atoms with van der Waals surface area (Å²) in [5.74, 6) is 1.78. The van der Waals surface area contributed by atoms with Crippen molar-refractivity contribution >= 4 is 65.4 Å². The van der Waals surface area contributed by atoms with E-state index in [0.29, 0.717) is 17.6 Å². The Morgan fingerprint density at radius 1 is 0.328 bits per heavy atom. The number of fused-ring (bicyclic) bond motifs is 10. The molecule has 0 aliphatic rings. The largest absolute Gasteiger partial charge is 0.309 e. The van der Waals surface area contributed by atoms with Gasteiger partial charge in [0.2, 0.25) is 5.95 Å². The molecule has 0 aliphatic carbocycles. The molecule has 0 saturated carbocycles. The Kier molecular flexibility index (Phi) is 7.04. The van der Waals surface area contributed by atoms with Gasteiger partial charge in [0.1, 0.15) is 0 Å². The number of benzene rings is 8. The summed E-state index contributed by atoms with van der Waals surface area (Å²) >= 11 is 0. The third kappa shape index (κ3) is 4.82. The van der Waals surface area contributed by atoms with Crippen LogP contribution >= 0.6 is 0 Å². The van der Waals surface area contributed by atoms with Gasteiger partial charge in [-0.25, -0.2) is 4.98 Å². The highest BCUT2D eigenvalue weighted by molar-refractivity contribution is 6.23. The quantitative estimate of drug-likeness (QED) is 0.176. The van der Waals surface area contributed by atoms with Crippen molar-refractivity contribution in [3.05, 3.63) is 194 Å². The van der Waals surface area contributed by atoms with Crippen LogP contribution in [0.3, 0.4) is 0 Å². The van der Waals surface area contributed by atoms with Crippen molar-refractivity contribution in [2.24, 2.45) is 0 Å². The minimum Gasteiger partial charge on any atom is -0.309 e. The molecule has 0 radical (unpaired) electrons. The van der Waals surface area contributed by atoms with E-state index in [-0.39, 0.29) is 0 Å². The molecule has 0 N–H and O–H groups in total. The maximum absolute atomic E-state index is 5.45. The first-order chi connectivity index (χ1) is 28.7. The van der Waals surface area contributed by atoms with Crippen molar-refractivity contribution in [3.8, 4) is 40.1 Å². The molecule has 4 aromatic heterocycles. The standard InChI is InChI=1S/C52H34N6/c1-33-30-35(32-37(31-33)56-44-24-12-8-20-38(44)39-21-9-13-25-45(39)56)51-53-50(34-16-4-2-5-17-34)54-52(55-51)58-47-27-15-11-23-41(47)43-29-28-42-40-22-10-14-26-46(40)57(48(42)49(43)58)36-18-6-3-7-19-36/h2-32H,1H3. The van der Waals surface area contributed by atoms with Gasteiger partial charge >= 0.3 is 0 Å². The molecular weight excluding hydrogens is 709 g/mol. The topological polar surface area (TPSA) is 53.5 Å². The van der Waals surface area contributed by atoms with Crippen molar-refractivity contribution in [2.45, 2.75) is 6.92 Å². The van der Waals surface area contributed by atoms with Crippen LogP contribution in [-0.2, 0) is 0 Å². The fraction of sp³-hybridized carbons (Fsp3) is 0.0192. The summed E-state index contributed by atoms with van der Waals surface area (Å²) in [6.45, 7) is 2.15. The molecule has 272 valence electrons. The lowest BCUT2D eigenvalue weighted by atomic mass is 10.1. The van der Waals surface area contributed by atoms with Crippen LogP contribution in [0.15, 0.2) is 188 Å². The van der Waals surface area contributed by atoms with E-state index in [1.54, 1.807) is 0 Å². The minimum absolute atomic E-state index is 0.562. The summed E-state index contributed by atoms with van der Waals surface area (Å²) in [5, 5.41) is 7.08. The molecule has 0 spiro atoms. The first-order valence-electron chi connectivity index (χ1n) is 19.6. The maximum atomic E-state index is 5.45. The number of nitrogens with zero attached hydrogens (tertiary/aromatic N) is 6. The molecule has 6 heteroatoms. The maximum Gasteiger partial charge on any atom is 0.238 e. The number of rotatable bonds is 5. The van der Waals surface area contributed by atoms with Gasteiger partial charge in [0.05, 0.1) is 33.1 Å². The van der Waals surface area contributed by atoms with Crippen LogP contribution in [0.2, 0.25) is 0 Å². The van der Waals surface area contributed by atoms with E-state index < -0.39 is 0 Å². The van der Waals surface area contributed by atoms with Gasteiger partial charge in [-0.05, 0) is 67.1 Å². The molecular formula is C52H34N6. The molecule has 0 saturated heterocycles. The van der Waals surface area contributed by atoms with Crippen LogP contribution in [0.1, 0.15) is 5.56 Å². The van der Waals surface area contributed by atoms with Crippen LogP contribution in [0.25, 0.3) is 106 Å². The SMILES string of the molecule is Cc1cc(-c2nc(-c3ccccc3)nc(-n3c4ccccc4c4ccc5c6ccccc6n(-c6ccccc6)c5c43)n2)cc(-n2c3ccccc3c3ccccc32)c1. The summed E-state index contributed by atoms with van der Waals surface area (Å²) in [7, 11) is 0. The second-order valence-electron chi connectivity index (χ2n) is 15.0. The molecule has 4 heterocycles. The fourth-order valence-electron chi connectivity index (χ4n) is 9.09. The van der Waals surface area contributed by atoms with Crippen LogP contribution in [0.5, 0.6) is 0 Å². The van der Waals surface area contributed by atoms with Gasteiger partial charge in [0, 0.05) is 54.8 Å². The van der Waals surface area contributed by atoms with Crippen molar-refractivity contribution in [1.29, 1.82) is 0 Å². The lowest BCUT2D eigenvalue weighted by Gasteiger charge is -2.14. The van der Waals surface area contributed by atoms with Crippen molar-refractivity contribution in [1.82, 2.24) is 28.7 Å².